The smallest absolute Gasteiger partial charge is 0.331 e. The number of oxazole rings is 1. The Bertz CT molecular complexity index is 856. The summed E-state index contributed by atoms with van der Waals surface area (Å²) in [6.07, 6.45) is 6.65. The molecule has 1 aliphatic carbocycles. The quantitative estimate of drug-likeness (QED) is 0.605. The average Bonchev–Trinajstić information content (AvgIpc) is 3.09. The molecule has 1 aliphatic rings. The molecule has 0 radical (unpaired) electrons. The molecule has 1 heterocycles. The van der Waals surface area contributed by atoms with Gasteiger partial charge in [-0.25, -0.2) is 14.6 Å². The number of nitrogens with zero attached hydrogens (tertiary/aromatic N) is 1. The molecule has 0 bridgehead atoms. The molecule has 1 saturated carbocycles. The van der Waals surface area contributed by atoms with Gasteiger partial charge < -0.3 is 14.5 Å². The summed E-state index contributed by atoms with van der Waals surface area (Å²) in [7, 11) is 0. The Kier molecular flexibility index (Phi) is 6.41. The van der Waals surface area contributed by atoms with Gasteiger partial charge in [0, 0.05) is 18.2 Å². The summed E-state index contributed by atoms with van der Waals surface area (Å²) in [4.78, 5) is 39.6. The van der Waals surface area contributed by atoms with Gasteiger partial charge in [-0.1, -0.05) is 31.9 Å². The van der Waals surface area contributed by atoms with Crippen LogP contribution in [0.4, 0.5) is 4.79 Å². The highest BCUT2D eigenvalue weighted by Crippen LogP contribution is 2.23. The van der Waals surface area contributed by atoms with Crippen molar-refractivity contribution in [3.05, 3.63) is 36.2 Å². The van der Waals surface area contributed by atoms with Gasteiger partial charge in [0.2, 0.25) is 5.89 Å². The Balaban J connectivity index is 1.41. The fourth-order valence-corrected chi connectivity index (χ4v) is 3.18. The second-order valence-electron chi connectivity index (χ2n) is 6.85. The third-order valence-corrected chi connectivity index (χ3v) is 4.70. The third-order valence-electron chi connectivity index (χ3n) is 4.70. The molecule has 1 aromatic carbocycles. The first-order chi connectivity index (χ1) is 13.5. The molecule has 0 unspecified atom stereocenters. The molecule has 0 saturated heterocycles. The van der Waals surface area contributed by atoms with Crippen LogP contribution >= 0.6 is 0 Å². The van der Waals surface area contributed by atoms with Crippen molar-refractivity contribution in [3.8, 4) is 0 Å². The van der Waals surface area contributed by atoms with Crippen LogP contribution in [-0.4, -0.2) is 35.5 Å². The van der Waals surface area contributed by atoms with E-state index < -0.39 is 24.5 Å². The van der Waals surface area contributed by atoms with Gasteiger partial charge in [-0.15, -0.1) is 0 Å². The fraction of sp³-hybridized carbons (Fsp3) is 0.400. The van der Waals surface area contributed by atoms with Crippen molar-refractivity contribution in [1.29, 1.82) is 0 Å². The van der Waals surface area contributed by atoms with Crippen LogP contribution in [0.25, 0.3) is 17.2 Å². The highest BCUT2D eigenvalue weighted by atomic mass is 16.5. The Labute approximate surface area is 162 Å². The van der Waals surface area contributed by atoms with E-state index in [0.717, 1.165) is 31.8 Å². The first-order valence-corrected chi connectivity index (χ1v) is 9.32. The second kappa shape index (κ2) is 9.16. The SMILES string of the molecule is C[C@H]1CCCC[C@H]1NC(=O)NC(=O)COC(=O)/C=C/c1nc2ccccc2o1. The number of imide groups is 1. The number of carbonyl (C=O) groups is 3. The lowest BCUT2D eigenvalue weighted by molar-refractivity contribution is -0.143. The van der Waals surface area contributed by atoms with Crippen LogP contribution < -0.4 is 10.6 Å². The number of hydrogen-bond donors (Lipinski definition) is 2. The van der Waals surface area contributed by atoms with Crippen LogP contribution in [0, 0.1) is 5.92 Å². The Morgan fingerprint density at radius 1 is 1.25 bits per heavy atom. The van der Waals surface area contributed by atoms with Crippen molar-refractivity contribution >= 4 is 35.1 Å². The Morgan fingerprint density at radius 3 is 2.82 bits per heavy atom. The Hall–Kier alpha value is -3.16. The van der Waals surface area contributed by atoms with E-state index in [1.165, 1.54) is 6.08 Å². The minimum absolute atomic E-state index is 0.0587. The number of benzene rings is 1. The molecular weight excluding hydrogens is 362 g/mol. The first-order valence-electron chi connectivity index (χ1n) is 9.32. The lowest BCUT2D eigenvalue weighted by atomic mass is 9.86. The number of urea groups is 1. The summed E-state index contributed by atoms with van der Waals surface area (Å²) in [5, 5.41) is 4.97. The topological polar surface area (TPSA) is 111 Å². The highest BCUT2D eigenvalue weighted by Gasteiger charge is 2.23. The molecular formula is C20H23N3O5. The van der Waals surface area contributed by atoms with E-state index in [0.29, 0.717) is 17.0 Å². The number of para-hydroxylation sites is 2. The maximum Gasteiger partial charge on any atom is 0.331 e. The molecule has 3 rings (SSSR count). The van der Waals surface area contributed by atoms with Crippen molar-refractivity contribution in [3.63, 3.8) is 0 Å². The van der Waals surface area contributed by atoms with Gasteiger partial charge >= 0.3 is 12.0 Å². The highest BCUT2D eigenvalue weighted by molar-refractivity contribution is 5.96. The Morgan fingerprint density at radius 2 is 2.04 bits per heavy atom. The van der Waals surface area contributed by atoms with Crippen molar-refractivity contribution in [2.45, 2.75) is 38.6 Å². The number of amides is 3. The lowest BCUT2D eigenvalue weighted by Gasteiger charge is -2.29. The lowest BCUT2D eigenvalue weighted by Crippen LogP contribution is -2.48. The van der Waals surface area contributed by atoms with Gasteiger partial charge in [0.1, 0.15) is 5.52 Å². The molecule has 2 N–H and O–H groups in total. The van der Waals surface area contributed by atoms with Crippen LogP contribution in [0.3, 0.4) is 0 Å². The van der Waals surface area contributed by atoms with Crippen LogP contribution in [0.1, 0.15) is 38.5 Å². The maximum atomic E-state index is 11.9. The van der Waals surface area contributed by atoms with Crippen molar-refractivity contribution in [1.82, 2.24) is 15.6 Å². The summed E-state index contributed by atoms with van der Waals surface area (Å²) in [6.45, 7) is 1.53. The normalized spacial score (nSPS) is 19.5. The molecule has 1 fully saturated rings. The summed E-state index contributed by atoms with van der Waals surface area (Å²) < 4.78 is 10.3. The molecule has 148 valence electrons. The summed E-state index contributed by atoms with van der Waals surface area (Å²) >= 11 is 0. The molecule has 2 atom stereocenters. The number of nitrogens with one attached hydrogen (secondary N) is 2. The molecule has 0 aliphatic heterocycles. The number of aromatic nitrogens is 1. The molecule has 8 nitrogen and oxygen atoms in total. The summed E-state index contributed by atoms with van der Waals surface area (Å²) in [5.74, 6) is -0.795. The number of esters is 1. The van der Waals surface area contributed by atoms with E-state index in [-0.39, 0.29) is 11.9 Å². The van der Waals surface area contributed by atoms with Gasteiger partial charge in [0.05, 0.1) is 0 Å². The number of ether oxygens (including phenoxy) is 1. The fourth-order valence-electron chi connectivity index (χ4n) is 3.18. The zero-order chi connectivity index (χ0) is 19.9. The predicted octanol–water partition coefficient (Wildman–Crippen LogP) is 2.79. The number of fused-ring (bicyclic) bond motifs is 1. The van der Waals surface area contributed by atoms with Crippen LogP contribution in [0.5, 0.6) is 0 Å². The molecule has 28 heavy (non-hydrogen) atoms. The molecule has 0 spiro atoms. The van der Waals surface area contributed by atoms with E-state index in [1.807, 2.05) is 12.1 Å². The van der Waals surface area contributed by atoms with Gasteiger partial charge in [-0.05, 0) is 30.9 Å². The van der Waals surface area contributed by atoms with E-state index in [2.05, 4.69) is 22.5 Å². The third kappa shape index (κ3) is 5.42. The predicted molar refractivity (Wildman–Crippen MR) is 102 cm³/mol. The number of hydrogen-bond acceptors (Lipinski definition) is 6. The summed E-state index contributed by atoms with van der Waals surface area (Å²) in [5.41, 5.74) is 1.28. The van der Waals surface area contributed by atoms with E-state index in [4.69, 9.17) is 9.15 Å². The van der Waals surface area contributed by atoms with Gasteiger partial charge in [0.15, 0.2) is 12.2 Å². The van der Waals surface area contributed by atoms with Gasteiger partial charge in [-0.2, -0.15) is 0 Å². The van der Waals surface area contributed by atoms with Gasteiger partial charge in [0.25, 0.3) is 5.91 Å². The zero-order valence-electron chi connectivity index (χ0n) is 15.6. The van der Waals surface area contributed by atoms with Crippen molar-refractivity contribution in [2.75, 3.05) is 6.61 Å². The van der Waals surface area contributed by atoms with E-state index in [9.17, 15) is 14.4 Å². The molecule has 3 amide bonds. The van der Waals surface area contributed by atoms with Crippen LogP contribution in [-0.2, 0) is 14.3 Å². The van der Waals surface area contributed by atoms with Gasteiger partial charge in [-0.3, -0.25) is 10.1 Å². The largest absolute Gasteiger partial charge is 0.452 e. The second-order valence-corrected chi connectivity index (χ2v) is 6.85. The summed E-state index contributed by atoms with van der Waals surface area (Å²) in [6, 6.07) is 6.69. The van der Waals surface area contributed by atoms with E-state index in [1.54, 1.807) is 12.1 Å². The first kappa shape index (κ1) is 19.6. The van der Waals surface area contributed by atoms with Crippen LogP contribution in [0.15, 0.2) is 34.8 Å². The van der Waals surface area contributed by atoms with E-state index >= 15 is 0 Å². The zero-order valence-corrected chi connectivity index (χ0v) is 15.6. The van der Waals surface area contributed by atoms with Crippen LogP contribution in [0.2, 0.25) is 0 Å². The minimum atomic E-state index is -0.737. The molecule has 1 aromatic heterocycles. The molecule has 8 heteroatoms. The monoisotopic (exact) mass is 385 g/mol. The standard InChI is InChI=1S/C20H23N3O5/c1-13-6-2-3-7-14(13)22-20(26)23-17(24)12-27-19(25)11-10-18-21-15-8-4-5-9-16(15)28-18/h4-5,8-11,13-14H,2-3,6-7,12H2,1H3,(H2,22,23,24,26)/b11-10+/t13-,14+/m0/s1. The number of carbonyl (C=O) groups excluding carboxylic acids is 3. The molecule has 2 aromatic rings. The van der Waals surface area contributed by atoms with Crippen molar-refractivity contribution in [2.24, 2.45) is 5.92 Å². The number of rotatable bonds is 5. The minimum Gasteiger partial charge on any atom is -0.452 e. The maximum absolute atomic E-state index is 11.9. The van der Waals surface area contributed by atoms with Crippen molar-refractivity contribution < 1.29 is 23.5 Å². The average molecular weight is 385 g/mol.